The van der Waals surface area contributed by atoms with E-state index in [0.29, 0.717) is 11.1 Å². The predicted octanol–water partition coefficient (Wildman–Crippen LogP) is 2.21. The molecule has 37 heteroatoms. The largest absolute Gasteiger partial charge is 0.545 e. The molecule has 0 radical (unpaired) electrons. The van der Waals surface area contributed by atoms with E-state index in [1.807, 2.05) is 0 Å². The number of carbonyl (C=O) groups excluding carboxylic acids is 11. The highest BCUT2D eigenvalue weighted by Crippen LogP contribution is 2.40. The van der Waals surface area contributed by atoms with Crippen molar-refractivity contribution in [2.45, 2.75) is 141 Å². The number of hydrogen-bond donors (Lipinski definition) is 16. The first kappa shape index (κ1) is 84.3. The van der Waals surface area contributed by atoms with E-state index in [0.717, 1.165) is 0 Å². The van der Waals surface area contributed by atoms with Gasteiger partial charge < -0.3 is 103 Å². The number of aliphatic carboxylic acids is 6. The van der Waals surface area contributed by atoms with Crippen molar-refractivity contribution in [1.82, 2.24) is 42.5 Å². The van der Waals surface area contributed by atoms with E-state index in [1.165, 1.54) is 88.4 Å². The molecule has 0 aliphatic carbocycles. The van der Waals surface area contributed by atoms with Crippen LogP contribution in [0.4, 0.5) is 21.0 Å². The Morgan fingerprint density at radius 3 is 1.05 bits per heavy atom. The van der Waals surface area contributed by atoms with Crippen molar-refractivity contribution in [3.63, 3.8) is 0 Å². The normalized spacial score (nSPS) is 13.2. The van der Waals surface area contributed by atoms with Gasteiger partial charge in [0, 0.05) is 24.0 Å². The fourth-order valence-corrected chi connectivity index (χ4v) is 10.7. The molecule has 0 spiro atoms. The first-order valence-corrected chi connectivity index (χ1v) is 33.4. The molecule has 16 N–H and O–H groups in total. The number of alkyl carbamates (subject to hydrolysis) is 2. The standard InChI is InChI=1S/C72H78N10O27/c1-35(2)60(81-62(95)45(23-25-53(83)84)75-66(99)49(31-57(91)92)79-71(105)107-33-37-13-7-5-8-14-37)68(101)77-47(29-55(87)88)64(97)73-39-19-21-43-51(27-39)109-52-28-40(20-22-44(52)59(43)41-17-11-12-18-42(41)70(103)104)74-65(98)48(30-56(89)90)78-69(102)61(36(3)4)82-63(96)46(24-26-54(85)86)76-67(100)50(32-58(93)94)80-72(106)108-34-38-15-9-6-10-16-38/h5-22,27-28,35-36,45-50,60-61H,23-26,29-34H2,1-4H3,(H16-,73,74,75,76,77,78,79,80,81,82,83,84,85,86,87,88,89,90,91,92,93,94,95,96,97,98,99,100,101,102,103,104,105,106)/t45-,46-,47-,48-,49-,50-,60-,61-/m0/s1. The monoisotopic (exact) mass is 1510 g/mol. The Morgan fingerprint density at radius 1 is 0.376 bits per heavy atom. The summed E-state index contributed by atoms with van der Waals surface area (Å²) in [5.41, 5.74) is 0.343. The Kier molecular flexibility index (Phi) is 30.9. The molecule has 6 rings (SSSR count). The van der Waals surface area contributed by atoms with E-state index in [9.17, 15) is 117 Å². The average Bonchev–Trinajstić information content (AvgIpc) is 0.747. The van der Waals surface area contributed by atoms with E-state index < -0.39 is 213 Å². The minimum absolute atomic E-state index is 0.0485. The van der Waals surface area contributed by atoms with Crippen LogP contribution in [0.25, 0.3) is 33.1 Å². The Hall–Kier alpha value is -13.6. The van der Waals surface area contributed by atoms with Crippen molar-refractivity contribution in [3.8, 4) is 11.1 Å². The molecule has 0 bridgehead atoms. The number of carbonyl (C=O) groups is 17. The Labute approximate surface area is 618 Å². The van der Waals surface area contributed by atoms with Gasteiger partial charge in [0.05, 0.1) is 65.9 Å². The summed E-state index contributed by atoms with van der Waals surface area (Å²) in [6.45, 7) is 5.09. The van der Waals surface area contributed by atoms with Crippen LogP contribution in [0.1, 0.15) is 101 Å². The summed E-state index contributed by atoms with van der Waals surface area (Å²) >= 11 is 0. The second kappa shape index (κ2) is 40.0. The van der Waals surface area contributed by atoms with Gasteiger partial charge in [-0.05, 0) is 65.6 Å². The third-order valence-electron chi connectivity index (χ3n) is 16.2. The number of benzene rings is 5. The number of anilines is 2. The van der Waals surface area contributed by atoms with Gasteiger partial charge in [0.25, 0.3) is 0 Å². The zero-order chi connectivity index (χ0) is 80.3. The molecule has 0 aliphatic rings. The maximum absolute atomic E-state index is 14.2. The van der Waals surface area contributed by atoms with Gasteiger partial charge in [0.1, 0.15) is 61.5 Å². The van der Waals surface area contributed by atoms with Gasteiger partial charge >= 0.3 is 59.2 Å². The van der Waals surface area contributed by atoms with Gasteiger partial charge in [0.15, 0.2) is 0 Å². The van der Waals surface area contributed by atoms with Crippen LogP contribution in [0, 0.1) is 11.8 Å². The molecule has 0 aliphatic heterocycles. The molecule has 0 fully saturated rings. The van der Waals surface area contributed by atoms with Crippen LogP contribution in [0.3, 0.4) is 0 Å². The van der Waals surface area contributed by atoms with E-state index >= 15 is 0 Å². The van der Waals surface area contributed by atoms with E-state index in [4.69, 9.17) is 13.9 Å². The molecule has 6 aromatic rings. The maximum Gasteiger partial charge on any atom is 0.408 e. The number of rotatable bonds is 40. The number of amides is 10. The highest BCUT2D eigenvalue weighted by atomic mass is 16.6. The van der Waals surface area contributed by atoms with Crippen LogP contribution in [0.2, 0.25) is 0 Å². The quantitative estimate of drug-likeness (QED) is 0.0194. The van der Waals surface area contributed by atoms with Crippen LogP contribution < -0.4 is 58.3 Å². The van der Waals surface area contributed by atoms with Crippen LogP contribution in [0.15, 0.2) is 126 Å². The molecule has 5 aromatic carbocycles. The molecule has 578 valence electrons. The zero-order valence-corrected chi connectivity index (χ0v) is 58.6. The van der Waals surface area contributed by atoms with Crippen molar-refractivity contribution in [3.05, 3.63) is 138 Å². The van der Waals surface area contributed by atoms with Crippen molar-refractivity contribution >= 4 is 135 Å². The second-order valence-electron chi connectivity index (χ2n) is 25.2. The van der Waals surface area contributed by atoms with Gasteiger partial charge in [-0.2, -0.15) is 0 Å². The van der Waals surface area contributed by atoms with Crippen LogP contribution in [0.5, 0.6) is 0 Å². The number of carboxylic acid groups (broad SMARTS) is 7. The van der Waals surface area contributed by atoms with Gasteiger partial charge in [-0.25, -0.2) is 14.0 Å². The molecule has 0 saturated heterocycles. The van der Waals surface area contributed by atoms with E-state index in [1.54, 1.807) is 60.7 Å². The zero-order valence-electron chi connectivity index (χ0n) is 58.6. The fraction of sp³-hybridized carbons (Fsp3) is 0.333. The average molecular weight is 1520 g/mol. The van der Waals surface area contributed by atoms with Gasteiger partial charge in [-0.1, -0.05) is 113 Å². The minimum Gasteiger partial charge on any atom is -0.545 e. The molecule has 37 nitrogen and oxygen atoms in total. The van der Waals surface area contributed by atoms with Gasteiger partial charge in [-0.3, -0.25) is 67.1 Å². The lowest BCUT2D eigenvalue weighted by Crippen LogP contribution is -2.59. The number of carboxylic acids is 7. The number of ether oxygens (including phenoxy) is 2. The highest BCUT2D eigenvalue weighted by Gasteiger charge is 2.38. The number of aromatic carboxylic acids is 1. The molecule has 8 atom stereocenters. The highest BCUT2D eigenvalue weighted by molar-refractivity contribution is 6.14. The number of hydrogen-bond acceptors (Lipinski definition) is 20. The van der Waals surface area contributed by atoms with Crippen molar-refractivity contribution in [2.24, 2.45) is 11.8 Å². The predicted molar refractivity (Wildman–Crippen MR) is 376 cm³/mol. The molecule has 109 heavy (non-hydrogen) atoms. The molecule has 10 amide bonds. The molecule has 1 heterocycles. The minimum atomic E-state index is -1.95. The third kappa shape index (κ3) is 26.2. The maximum atomic E-state index is 14.2. The Bertz CT molecular complexity index is 4200. The van der Waals surface area contributed by atoms with Crippen molar-refractivity contribution < 1.29 is 131 Å². The third-order valence-corrected chi connectivity index (χ3v) is 16.2. The lowest BCUT2D eigenvalue weighted by molar-refractivity contribution is -0.255. The van der Waals surface area contributed by atoms with E-state index in [2.05, 4.69) is 53.2 Å². The summed E-state index contributed by atoms with van der Waals surface area (Å²) < 4.78 is 16.5. The summed E-state index contributed by atoms with van der Waals surface area (Å²) in [7, 11) is 0. The number of nitrogens with one attached hydrogen (secondary N) is 10. The molecular weight excluding hydrogens is 1440 g/mol. The van der Waals surface area contributed by atoms with Crippen LogP contribution in [-0.2, 0) is 89.8 Å². The lowest BCUT2D eigenvalue weighted by atomic mass is 9.93. The summed E-state index contributed by atoms with van der Waals surface area (Å²) in [6, 6.07) is 15.1. The summed E-state index contributed by atoms with van der Waals surface area (Å²) in [4.78, 5) is 221. The Morgan fingerprint density at radius 2 is 0.706 bits per heavy atom. The molecular formula is C72H78N10O27. The molecule has 0 saturated carbocycles. The van der Waals surface area contributed by atoms with Crippen LogP contribution >= 0.6 is 0 Å². The fourth-order valence-electron chi connectivity index (χ4n) is 10.7. The van der Waals surface area contributed by atoms with Gasteiger partial charge in [-0.15, -0.1) is 0 Å². The van der Waals surface area contributed by atoms with Gasteiger partial charge in [0.2, 0.25) is 47.3 Å². The summed E-state index contributed by atoms with van der Waals surface area (Å²) in [5.74, 6) is -22.4. The Balaban J connectivity index is 1.24. The van der Waals surface area contributed by atoms with E-state index in [-0.39, 0.29) is 63.2 Å². The summed E-state index contributed by atoms with van der Waals surface area (Å²) in [6.07, 6.45) is -9.60. The lowest BCUT2D eigenvalue weighted by Gasteiger charge is -2.27. The van der Waals surface area contributed by atoms with Crippen LogP contribution in [-0.4, -0.2) is 180 Å². The second-order valence-corrected chi connectivity index (χ2v) is 25.2. The van der Waals surface area contributed by atoms with Crippen molar-refractivity contribution in [1.29, 1.82) is 0 Å². The van der Waals surface area contributed by atoms with Crippen molar-refractivity contribution in [2.75, 3.05) is 10.6 Å². The topological polar surface area (TPSA) is 585 Å². The SMILES string of the molecule is CC(C)[C@H](NC(=O)[C@H](CCC(=O)O)NC(=O)[C@H](CC(=O)O)NC(=O)OCc1ccccc1)C(=O)N[C@@H](CC(=O)O)C(=O)Nc1ccc2c(-c3ccccc3C(=O)[O-])c3ccc(NC(=O)[C@H](CC(=O)O)NC(=O)[C@@H](NC(=O)[C@H](CCC(=O)O)NC(=O)[C@H](CC(=O)O)NC(=O)OCc4ccccc4)C(C)C)cc3[o+]c2c1. The molecule has 1 aromatic heterocycles. The summed E-state index contributed by atoms with van der Waals surface area (Å²) in [5, 5.41) is 94.0. The first-order chi connectivity index (χ1) is 51.6. The number of fused-ring (bicyclic) bond motifs is 2. The first-order valence-electron chi connectivity index (χ1n) is 33.4. The molecule has 0 unspecified atom stereocenters. The smallest absolute Gasteiger partial charge is 0.408 e.